The highest BCUT2D eigenvalue weighted by molar-refractivity contribution is 7.98. The molecule has 1 N–H and O–H groups in total. The number of nitrogens with one attached hydrogen (secondary N) is 1. The number of thioether (sulfide) groups is 1. The molecule has 0 aromatic carbocycles. The Morgan fingerprint density at radius 3 is 3.08 bits per heavy atom. The first-order valence-corrected chi connectivity index (χ1v) is 6.73. The van der Waals surface area contributed by atoms with Gasteiger partial charge < -0.3 is 5.32 Å². The van der Waals surface area contributed by atoms with Crippen LogP contribution in [0.15, 0.2) is 11.7 Å². The van der Waals surface area contributed by atoms with E-state index in [1.54, 1.807) is 11.3 Å². The quantitative estimate of drug-likeness (QED) is 0.790. The zero-order valence-corrected chi connectivity index (χ0v) is 9.75. The summed E-state index contributed by atoms with van der Waals surface area (Å²) in [5.74, 6) is 1.19. The molecule has 0 saturated carbocycles. The zero-order valence-electron chi connectivity index (χ0n) is 8.12. The average Bonchev–Trinajstić information content (AvgIpc) is 2.64. The van der Waals surface area contributed by atoms with Gasteiger partial charge in [0.25, 0.3) is 0 Å². The number of nitrogens with zero attached hydrogens (tertiary/aromatic N) is 1. The van der Waals surface area contributed by atoms with Gasteiger partial charge in [-0.3, -0.25) is 4.98 Å². The Labute approximate surface area is 88.2 Å². The Bertz CT molecular complexity index is 211. The van der Waals surface area contributed by atoms with Gasteiger partial charge >= 0.3 is 0 Å². The summed E-state index contributed by atoms with van der Waals surface area (Å²) < 4.78 is 0. The minimum Gasteiger partial charge on any atom is -0.308 e. The fourth-order valence-electron chi connectivity index (χ4n) is 1.10. The second-order valence-corrected chi connectivity index (χ2v) is 4.79. The molecular formula is C9H16N2S2. The molecule has 1 rings (SSSR count). The lowest BCUT2D eigenvalue weighted by atomic mass is 10.2. The molecule has 1 atom stereocenters. The lowest BCUT2D eigenvalue weighted by Gasteiger charge is -2.14. The van der Waals surface area contributed by atoms with Crippen molar-refractivity contribution in [1.82, 2.24) is 10.3 Å². The summed E-state index contributed by atoms with van der Waals surface area (Å²) in [6, 6.07) is 0.636. The first-order valence-electron chi connectivity index (χ1n) is 4.46. The van der Waals surface area contributed by atoms with Crippen molar-refractivity contribution in [3.8, 4) is 0 Å². The minimum absolute atomic E-state index is 0.636. The molecule has 0 amide bonds. The van der Waals surface area contributed by atoms with E-state index < -0.39 is 0 Å². The average molecular weight is 216 g/mol. The van der Waals surface area contributed by atoms with Gasteiger partial charge in [-0.25, -0.2) is 0 Å². The monoisotopic (exact) mass is 216 g/mol. The van der Waals surface area contributed by atoms with E-state index in [4.69, 9.17) is 0 Å². The van der Waals surface area contributed by atoms with E-state index in [0.717, 1.165) is 6.54 Å². The molecule has 13 heavy (non-hydrogen) atoms. The molecule has 0 aliphatic rings. The predicted octanol–water partition coefficient (Wildman–Crippen LogP) is 2.37. The van der Waals surface area contributed by atoms with Crippen molar-refractivity contribution in [2.24, 2.45) is 0 Å². The highest BCUT2D eigenvalue weighted by Crippen LogP contribution is 2.07. The number of aromatic nitrogens is 1. The minimum atomic E-state index is 0.636. The van der Waals surface area contributed by atoms with E-state index >= 15 is 0 Å². The molecule has 0 aliphatic heterocycles. The molecule has 74 valence electrons. The maximum atomic E-state index is 4.05. The largest absolute Gasteiger partial charge is 0.308 e. The van der Waals surface area contributed by atoms with Crippen molar-refractivity contribution < 1.29 is 0 Å². The van der Waals surface area contributed by atoms with Crippen molar-refractivity contribution in [2.45, 2.75) is 25.9 Å². The van der Waals surface area contributed by atoms with Crippen LogP contribution in [0.4, 0.5) is 0 Å². The maximum Gasteiger partial charge on any atom is 0.0794 e. The molecule has 0 fully saturated rings. The lowest BCUT2D eigenvalue weighted by Crippen LogP contribution is -2.29. The molecule has 1 heterocycles. The lowest BCUT2D eigenvalue weighted by molar-refractivity contribution is 0.544. The van der Waals surface area contributed by atoms with Crippen LogP contribution in [0, 0.1) is 0 Å². The first-order chi connectivity index (χ1) is 6.36. The SMILES string of the molecule is CCC(CSC)NCc1cncs1. The Hall–Kier alpha value is -0.0600. The maximum absolute atomic E-state index is 4.05. The summed E-state index contributed by atoms with van der Waals surface area (Å²) in [5, 5.41) is 3.52. The Balaban J connectivity index is 2.23. The van der Waals surface area contributed by atoms with Gasteiger partial charge in [0.1, 0.15) is 0 Å². The second-order valence-electron chi connectivity index (χ2n) is 2.91. The fourth-order valence-corrected chi connectivity index (χ4v) is 2.40. The van der Waals surface area contributed by atoms with E-state index in [1.165, 1.54) is 17.1 Å². The Morgan fingerprint density at radius 1 is 1.69 bits per heavy atom. The third-order valence-electron chi connectivity index (χ3n) is 1.91. The summed E-state index contributed by atoms with van der Waals surface area (Å²) in [7, 11) is 0. The fraction of sp³-hybridized carbons (Fsp3) is 0.667. The molecule has 0 aliphatic carbocycles. The number of rotatable bonds is 6. The Morgan fingerprint density at radius 2 is 2.54 bits per heavy atom. The molecule has 2 nitrogen and oxygen atoms in total. The first kappa shape index (κ1) is 11.0. The molecule has 1 aromatic rings. The summed E-state index contributed by atoms with van der Waals surface area (Å²) in [5.41, 5.74) is 1.88. The molecule has 4 heteroatoms. The van der Waals surface area contributed by atoms with Crippen LogP contribution in [0.5, 0.6) is 0 Å². The van der Waals surface area contributed by atoms with Crippen molar-refractivity contribution in [2.75, 3.05) is 12.0 Å². The molecule has 0 spiro atoms. The topological polar surface area (TPSA) is 24.9 Å². The second kappa shape index (κ2) is 6.40. The van der Waals surface area contributed by atoms with Crippen LogP contribution in [-0.2, 0) is 6.54 Å². The van der Waals surface area contributed by atoms with Crippen LogP contribution in [0.2, 0.25) is 0 Å². The van der Waals surface area contributed by atoms with E-state index in [9.17, 15) is 0 Å². The third kappa shape index (κ3) is 4.11. The number of hydrogen-bond donors (Lipinski definition) is 1. The van der Waals surface area contributed by atoms with Crippen molar-refractivity contribution >= 4 is 23.1 Å². The normalized spacial score (nSPS) is 13.1. The van der Waals surface area contributed by atoms with Crippen molar-refractivity contribution in [3.05, 3.63) is 16.6 Å². The summed E-state index contributed by atoms with van der Waals surface area (Å²) in [6.45, 7) is 3.18. The molecular weight excluding hydrogens is 200 g/mol. The highest BCUT2D eigenvalue weighted by Gasteiger charge is 2.04. The van der Waals surface area contributed by atoms with Crippen LogP contribution in [0.3, 0.4) is 0 Å². The summed E-state index contributed by atoms with van der Waals surface area (Å²) in [6.07, 6.45) is 5.28. The van der Waals surface area contributed by atoms with Crippen LogP contribution < -0.4 is 5.32 Å². The Kier molecular flexibility index (Phi) is 5.43. The van der Waals surface area contributed by atoms with E-state index in [0.29, 0.717) is 6.04 Å². The molecule has 0 saturated heterocycles. The number of hydrogen-bond acceptors (Lipinski definition) is 4. The highest BCUT2D eigenvalue weighted by atomic mass is 32.2. The van der Waals surface area contributed by atoms with E-state index in [1.807, 2.05) is 23.5 Å². The van der Waals surface area contributed by atoms with Gasteiger partial charge in [0.15, 0.2) is 0 Å². The molecule has 1 unspecified atom stereocenters. The molecule has 0 bridgehead atoms. The zero-order chi connectivity index (χ0) is 9.52. The predicted molar refractivity (Wildman–Crippen MR) is 61.4 cm³/mol. The van der Waals surface area contributed by atoms with E-state index in [2.05, 4.69) is 23.5 Å². The smallest absolute Gasteiger partial charge is 0.0794 e. The third-order valence-corrected chi connectivity index (χ3v) is 3.42. The van der Waals surface area contributed by atoms with Crippen molar-refractivity contribution in [3.63, 3.8) is 0 Å². The molecule has 1 aromatic heterocycles. The summed E-state index contributed by atoms with van der Waals surface area (Å²) >= 11 is 3.61. The van der Waals surface area contributed by atoms with Crippen molar-refractivity contribution in [1.29, 1.82) is 0 Å². The molecule has 0 radical (unpaired) electrons. The van der Waals surface area contributed by atoms with Gasteiger partial charge in [0, 0.05) is 29.4 Å². The van der Waals surface area contributed by atoms with E-state index in [-0.39, 0.29) is 0 Å². The standard InChI is InChI=1S/C9H16N2S2/c1-3-8(6-12-2)11-5-9-4-10-7-13-9/h4,7-8,11H,3,5-6H2,1-2H3. The van der Waals surface area contributed by atoms with Crippen LogP contribution in [0.1, 0.15) is 18.2 Å². The van der Waals surface area contributed by atoms with Gasteiger partial charge in [0.05, 0.1) is 5.51 Å². The van der Waals surface area contributed by atoms with Gasteiger partial charge in [-0.05, 0) is 12.7 Å². The van der Waals surface area contributed by atoms with Gasteiger partial charge in [-0.1, -0.05) is 6.92 Å². The van der Waals surface area contributed by atoms with Gasteiger partial charge in [-0.2, -0.15) is 11.8 Å². The van der Waals surface area contributed by atoms with Crippen LogP contribution in [0.25, 0.3) is 0 Å². The number of thiazole rings is 1. The summed E-state index contributed by atoms with van der Waals surface area (Å²) in [4.78, 5) is 5.36. The van der Waals surface area contributed by atoms with Crippen LogP contribution >= 0.6 is 23.1 Å². The van der Waals surface area contributed by atoms with Gasteiger partial charge in [0.2, 0.25) is 0 Å². The van der Waals surface area contributed by atoms with Crippen LogP contribution in [-0.4, -0.2) is 23.0 Å². The van der Waals surface area contributed by atoms with Gasteiger partial charge in [-0.15, -0.1) is 11.3 Å².